The Morgan fingerprint density at radius 3 is 2.19 bits per heavy atom. The molecule has 0 saturated heterocycles. The second kappa shape index (κ2) is 9.22. The van der Waals surface area contributed by atoms with Crippen molar-refractivity contribution in [1.82, 2.24) is 0 Å². The van der Waals surface area contributed by atoms with Crippen LogP contribution in [0, 0.1) is 13.8 Å². The first kappa shape index (κ1) is 22.4. The lowest BCUT2D eigenvalue weighted by atomic mass is 10.2. The number of hydrogen-bond acceptors (Lipinski definition) is 4. The molecular weight excluding hydrogens is 412 g/mol. The van der Waals surface area contributed by atoms with Crippen molar-refractivity contribution in [3.8, 4) is 5.75 Å². The van der Waals surface area contributed by atoms with E-state index in [0.717, 1.165) is 11.1 Å². The molecule has 1 amide bonds. The predicted octanol–water partition coefficient (Wildman–Crippen LogP) is 4.53. The van der Waals surface area contributed by atoms with E-state index < -0.39 is 16.1 Å². The third-order valence-corrected chi connectivity index (χ3v) is 6.65. The van der Waals surface area contributed by atoms with Gasteiger partial charge in [0.05, 0.1) is 10.6 Å². The number of aryl methyl sites for hydroxylation is 2. The van der Waals surface area contributed by atoms with Crippen LogP contribution in [-0.2, 0) is 14.8 Å². The molecule has 1 N–H and O–H groups in total. The maximum Gasteiger partial charge on any atom is 0.265 e. The molecule has 0 bridgehead atoms. The lowest BCUT2D eigenvalue weighted by Gasteiger charge is -2.20. The van der Waals surface area contributed by atoms with Gasteiger partial charge in [-0.15, -0.1) is 0 Å². The quantitative estimate of drug-likeness (QED) is 0.588. The van der Waals surface area contributed by atoms with E-state index in [1.165, 1.54) is 11.4 Å². The summed E-state index contributed by atoms with van der Waals surface area (Å²) < 4.78 is 32.6. The molecule has 3 aromatic rings. The van der Waals surface area contributed by atoms with E-state index in [0.29, 0.717) is 17.1 Å². The van der Waals surface area contributed by atoms with Crippen LogP contribution in [0.15, 0.2) is 77.7 Å². The summed E-state index contributed by atoms with van der Waals surface area (Å²) >= 11 is 0. The summed E-state index contributed by atoms with van der Waals surface area (Å²) in [6.45, 7) is 5.52. The van der Waals surface area contributed by atoms with Crippen molar-refractivity contribution < 1.29 is 17.9 Å². The molecule has 162 valence electrons. The van der Waals surface area contributed by atoms with Crippen molar-refractivity contribution >= 4 is 27.3 Å². The Balaban J connectivity index is 1.66. The van der Waals surface area contributed by atoms with Crippen LogP contribution in [-0.4, -0.2) is 27.5 Å². The van der Waals surface area contributed by atoms with Gasteiger partial charge in [-0.25, -0.2) is 8.42 Å². The Kier molecular flexibility index (Phi) is 6.65. The standard InChI is InChI=1S/C24H26N2O4S/c1-17-8-14-23(15-9-17)31(28,29)26(4)21-10-12-22(13-11-21)30-19(3)24(27)25-20-7-5-6-18(2)16-20/h5-16,19H,1-4H3,(H,25,27). The zero-order valence-corrected chi connectivity index (χ0v) is 18.8. The molecule has 0 aromatic heterocycles. The largest absolute Gasteiger partial charge is 0.481 e. The first-order valence-electron chi connectivity index (χ1n) is 9.86. The highest BCUT2D eigenvalue weighted by Gasteiger charge is 2.21. The second-order valence-corrected chi connectivity index (χ2v) is 9.37. The summed E-state index contributed by atoms with van der Waals surface area (Å²) in [6, 6.07) is 20.8. The molecule has 7 heteroatoms. The van der Waals surface area contributed by atoms with Crippen LogP contribution in [0.3, 0.4) is 0 Å². The number of benzene rings is 3. The zero-order chi connectivity index (χ0) is 22.6. The molecule has 3 rings (SSSR count). The van der Waals surface area contributed by atoms with Gasteiger partial charge in [0.2, 0.25) is 0 Å². The van der Waals surface area contributed by atoms with Crippen molar-refractivity contribution in [1.29, 1.82) is 0 Å². The normalized spacial score (nSPS) is 12.1. The molecule has 0 radical (unpaired) electrons. The monoisotopic (exact) mass is 438 g/mol. The highest BCUT2D eigenvalue weighted by molar-refractivity contribution is 7.92. The number of rotatable bonds is 7. The number of carbonyl (C=O) groups is 1. The lowest BCUT2D eigenvalue weighted by molar-refractivity contribution is -0.122. The third kappa shape index (κ3) is 5.44. The Bertz CT molecular complexity index is 1160. The number of nitrogens with zero attached hydrogens (tertiary/aromatic N) is 1. The van der Waals surface area contributed by atoms with Gasteiger partial charge < -0.3 is 10.1 Å². The highest BCUT2D eigenvalue weighted by Crippen LogP contribution is 2.25. The summed E-state index contributed by atoms with van der Waals surface area (Å²) in [7, 11) is -2.16. The number of carbonyl (C=O) groups excluding carboxylic acids is 1. The Morgan fingerprint density at radius 2 is 1.58 bits per heavy atom. The minimum absolute atomic E-state index is 0.224. The van der Waals surface area contributed by atoms with Crippen molar-refractivity contribution in [3.63, 3.8) is 0 Å². The van der Waals surface area contributed by atoms with Gasteiger partial charge in [-0.2, -0.15) is 0 Å². The third-order valence-electron chi connectivity index (χ3n) is 4.85. The van der Waals surface area contributed by atoms with Crippen LogP contribution in [0.5, 0.6) is 5.75 Å². The molecule has 0 fully saturated rings. The fourth-order valence-corrected chi connectivity index (χ4v) is 4.16. The number of amides is 1. The minimum Gasteiger partial charge on any atom is -0.481 e. The van der Waals surface area contributed by atoms with Crippen LogP contribution in [0.1, 0.15) is 18.1 Å². The number of sulfonamides is 1. The summed E-state index contributed by atoms with van der Waals surface area (Å²) in [5, 5.41) is 2.82. The van der Waals surface area contributed by atoms with Crippen LogP contribution in [0.4, 0.5) is 11.4 Å². The van der Waals surface area contributed by atoms with Gasteiger partial charge in [0.15, 0.2) is 6.10 Å². The summed E-state index contributed by atoms with van der Waals surface area (Å²) in [5.41, 5.74) is 3.24. The summed E-state index contributed by atoms with van der Waals surface area (Å²) in [4.78, 5) is 12.6. The predicted molar refractivity (Wildman–Crippen MR) is 123 cm³/mol. The number of anilines is 2. The Hall–Kier alpha value is -3.32. The topological polar surface area (TPSA) is 75.7 Å². The molecule has 0 aliphatic rings. The molecule has 0 saturated carbocycles. The highest BCUT2D eigenvalue weighted by atomic mass is 32.2. The van der Waals surface area contributed by atoms with Crippen LogP contribution < -0.4 is 14.4 Å². The molecule has 31 heavy (non-hydrogen) atoms. The minimum atomic E-state index is -3.67. The first-order chi connectivity index (χ1) is 14.7. The number of hydrogen-bond donors (Lipinski definition) is 1. The van der Waals surface area contributed by atoms with E-state index in [1.54, 1.807) is 55.5 Å². The van der Waals surface area contributed by atoms with Crippen molar-refractivity contribution in [3.05, 3.63) is 83.9 Å². The van der Waals surface area contributed by atoms with E-state index >= 15 is 0 Å². The molecule has 0 aliphatic heterocycles. The Morgan fingerprint density at radius 1 is 0.935 bits per heavy atom. The van der Waals surface area contributed by atoms with E-state index in [4.69, 9.17) is 4.74 Å². The number of nitrogens with one attached hydrogen (secondary N) is 1. The average Bonchev–Trinajstić information content (AvgIpc) is 2.74. The maximum absolute atomic E-state index is 12.8. The average molecular weight is 439 g/mol. The lowest BCUT2D eigenvalue weighted by Crippen LogP contribution is -2.30. The smallest absolute Gasteiger partial charge is 0.265 e. The molecule has 1 unspecified atom stereocenters. The van der Waals surface area contributed by atoms with Gasteiger partial charge in [0, 0.05) is 12.7 Å². The van der Waals surface area contributed by atoms with Gasteiger partial charge in [0.25, 0.3) is 15.9 Å². The number of ether oxygens (including phenoxy) is 1. The molecule has 1 atom stereocenters. The van der Waals surface area contributed by atoms with Crippen LogP contribution in [0.25, 0.3) is 0 Å². The van der Waals surface area contributed by atoms with E-state index in [2.05, 4.69) is 5.32 Å². The SMILES string of the molecule is Cc1ccc(S(=O)(=O)N(C)c2ccc(OC(C)C(=O)Nc3cccc(C)c3)cc2)cc1. The van der Waals surface area contributed by atoms with Crippen molar-refractivity contribution in [2.45, 2.75) is 31.8 Å². The molecular formula is C24H26N2O4S. The van der Waals surface area contributed by atoms with Crippen LogP contribution >= 0.6 is 0 Å². The Labute approximate surface area is 183 Å². The summed E-state index contributed by atoms with van der Waals surface area (Å²) in [5.74, 6) is 0.200. The molecule has 0 heterocycles. The fourth-order valence-electron chi connectivity index (χ4n) is 2.97. The molecule has 3 aromatic carbocycles. The van der Waals surface area contributed by atoms with Crippen molar-refractivity contribution in [2.24, 2.45) is 0 Å². The van der Waals surface area contributed by atoms with Crippen LogP contribution in [0.2, 0.25) is 0 Å². The van der Waals surface area contributed by atoms with Gasteiger partial charge in [0.1, 0.15) is 5.75 Å². The second-order valence-electron chi connectivity index (χ2n) is 7.40. The molecule has 6 nitrogen and oxygen atoms in total. The zero-order valence-electron chi connectivity index (χ0n) is 18.0. The van der Waals surface area contributed by atoms with E-state index in [9.17, 15) is 13.2 Å². The first-order valence-corrected chi connectivity index (χ1v) is 11.3. The van der Waals surface area contributed by atoms with E-state index in [-0.39, 0.29) is 10.8 Å². The van der Waals surface area contributed by atoms with Crippen molar-refractivity contribution in [2.75, 3.05) is 16.7 Å². The summed E-state index contributed by atoms with van der Waals surface area (Å²) in [6.07, 6.45) is -0.722. The fraction of sp³-hybridized carbons (Fsp3) is 0.208. The van der Waals surface area contributed by atoms with E-state index in [1.807, 2.05) is 38.1 Å². The molecule has 0 spiro atoms. The van der Waals surface area contributed by atoms with Gasteiger partial charge in [-0.05, 0) is 74.9 Å². The van der Waals surface area contributed by atoms with Gasteiger partial charge in [-0.3, -0.25) is 9.10 Å². The van der Waals surface area contributed by atoms with Gasteiger partial charge in [-0.1, -0.05) is 29.8 Å². The molecule has 0 aliphatic carbocycles. The van der Waals surface area contributed by atoms with Gasteiger partial charge >= 0.3 is 0 Å². The maximum atomic E-state index is 12.8.